The summed E-state index contributed by atoms with van der Waals surface area (Å²) < 4.78 is 40.1. The van der Waals surface area contributed by atoms with E-state index in [-0.39, 0.29) is 36.7 Å². The Morgan fingerprint density at radius 3 is 2.60 bits per heavy atom. The maximum Gasteiger partial charge on any atom is 0.441 e. The van der Waals surface area contributed by atoms with Crippen LogP contribution in [-0.2, 0) is 4.74 Å². The highest BCUT2D eigenvalue weighted by molar-refractivity contribution is 8.00. The minimum absolute atomic E-state index is 0.00651. The van der Waals surface area contributed by atoms with Crippen LogP contribution in [0.3, 0.4) is 0 Å². The molecule has 0 aliphatic heterocycles. The van der Waals surface area contributed by atoms with E-state index in [0.717, 1.165) is 0 Å². The molecule has 0 amide bonds. The number of hydrogen-bond donors (Lipinski definition) is 2. The lowest BCUT2D eigenvalue weighted by Crippen LogP contribution is -2.35. The number of hydrogen-bond acceptors (Lipinski definition) is 4. The third-order valence-corrected chi connectivity index (χ3v) is 2.38. The van der Waals surface area contributed by atoms with E-state index in [1.807, 2.05) is 0 Å². The Hall–Kier alpha value is 0.0200. The lowest BCUT2D eigenvalue weighted by atomic mass is 10.2. The van der Waals surface area contributed by atoms with Gasteiger partial charge in [0.15, 0.2) is 0 Å². The molecular weight excluding hydrogens is 231 g/mol. The van der Waals surface area contributed by atoms with Gasteiger partial charge in [0.1, 0.15) is 0 Å². The van der Waals surface area contributed by atoms with E-state index in [1.165, 1.54) is 7.11 Å². The number of rotatable bonds is 8. The van der Waals surface area contributed by atoms with Crippen molar-refractivity contribution in [2.24, 2.45) is 0 Å². The van der Waals surface area contributed by atoms with Crippen LogP contribution in [0.2, 0.25) is 0 Å². The fraction of sp³-hybridized carbons (Fsp3) is 1.00. The smallest absolute Gasteiger partial charge is 0.396 e. The summed E-state index contributed by atoms with van der Waals surface area (Å²) >= 11 is -0.0541. The van der Waals surface area contributed by atoms with Gasteiger partial charge in [0.2, 0.25) is 0 Å². The highest BCUT2D eigenvalue weighted by atomic mass is 32.2. The summed E-state index contributed by atoms with van der Waals surface area (Å²) in [6.07, 6.45) is 0.477. The monoisotopic (exact) mass is 247 g/mol. The lowest BCUT2D eigenvalue weighted by molar-refractivity contribution is -0.0327. The van der Waals surface area contributed by atoms with Gasteiger partial charge in [-0.3, -0.25) is 0 Å². The second kappa shape index (κ2) is 8.20. The summed E-state index contributed by atoms with van der Waals surface area (Å²) in [5.74, 6) is -0.0326. The molecule has 0 heterocycles. The van der Waals surface area contributed by atoms with Crippen LogP contribution in [0.5, 0.6) is 0 Å². The van der Waals surface area contributed by atoms with Crippen molar-refractivity contribution >= 4 is 11.8 Å². The first-order valence-electron chi connectivity index (χ1n) is 4.53. The van der Waals surface area contributed by atoms with Crippen molar-refractivity contribution < 1.29 is 23.0 Å². The number of ether oxygens (including phenoxy) is 1. The van der Waals surface area contributed by atoms with Gasteiger partial charge in [-0.1, -0.05) is 0 Å². The first-order chi connectivity index (χ1) is 6.99. The zero-order valence-corrected chi connectivity index (χ0v) is 9.33. The van der Waals surface area contributed by atoms with E-state index in [1.54, 1.807) is 0 Å². The highest BCUT2D eigenvalue weighted by Gasteiger charge is 2.27. The zero-order chi connectivity index (χ0) is 11.7. The Kier molecular flexibility index (Phi) is 8.22. The minimum Gasteiger partial charge on any atom is -0.396 e. The van der Waals surface area contributed by atoms with E-state index < -0.39 is 5.51 Å². The molecule has 0 aromatic rings. The molecule has 0 aliphatic rings. The highest BCUT2D eigenvalue weighted by Crippen LogP contribution is 2.29. The number of nitrogens with one attached hydrogen (secondary N) is 1. The molecule has 0 bridgehead atoms. The fourth-order valence-corrected chi connectivity index (χ4v) is 1.48. The quantitative estimate of drug-likeness (QED) is 0.633. The Morgan fingerprint density at radius 2 is 2.13 bits per heavy atom. The van der Waals surface area contributed by atoms with E-state index in [0.29, 0.717) is 13.0 Å². The number of aliphatic hydroxyl groups excluding tert-OH is 1. The molecule has 1 unspecified atom stereocenters. The molecule has 2 N–H and O–H groups in total. The first kappa shape index (κ1) is 15.0. The minimum atomic E-state index is -4.17. The Bertz CT molecular complexity index is 151. The summed E-state index contributed by atoms with van der Waals surface area (Å²) in [5.41, 5.74) is -4.17. The first-order valence-corrected chi connectivity index (χ1v) is 5.52. The second-order valence-corrected chi connectivity index (χ2v) is 4.07. The molecule has 0 fully saturated rings. The summed E-state index contributed by atoms with van der Waals surface area (Å²) in [7, 11) is 1.51. The number of thioether (sulfide) groups is 1. The van der Waals surface area contributed by atoms with E-state index in [9.17, 15) is 13.2 Å². The molecule has 0 aromatic heterocycles. The molecule has 0 aliphatic carbocycles. The van der Waals surface area contributed by atoms with E-state index in [4.69, 9.17) is 9.84 Å². The molecule has 3 nitrogen and oxygen atoms in total. The van der Waals surface area contributed by atoms with Crippen LogP contribution in [0, 0.1) is 0 Å². The van der Waals surface area contributed by atoms with Crippen LogP contribution in [0.25, 0.3) is 0 Å². The van der Waals surface area contributed by atoms with Gasteiger partial charge in [-0.05, 0) is 18.2 Å². The van der Waals surface area contributed by atoms with Crippen LogP contribution >= 0.6 is 11.8 Å². The Balaban J connectivity index is 3.52. The molecule has 92 valence electrons. The van der Waals surface area contributed by atoms with Crippen molar-refractivity contribution in [1.82, 2.24) is 5.32 Å². The molecule has 0 aromatic carbocycles. The average Bonchev–Trinajstić information content (AvgIpc) is 2.11. The molecule has 0 spiro atoms. The van der Waals surface area contributed by atoms with Crippen LogP contribution in [0.1, 0.15) is 6.42 Å². The third-order valence-electron chi connectivity index (χ3n) is 1.65. The topological polar surface area (TPSA) is 41.5 Å². The predicted octanol–water partition coefficient (Wildman–Crippen LogP) is 1.23. The SMILES string of the molecule is COCC(CCO)NCCSC(F)(F)F. The second-order valence-electron chi connectivity index (χ2n) is 2.91. The van der Waals surface area contributed by atoms with Gasteiger partial charge in [0.05, 0.1) is 6.61 Å². The fourth-order valence-electron chi connectivity index (χ4n) is 1.03. The number of halogens is 3. The molecule has 15 heavy (non-hydrogen) atoms. The summed E-state index contributed by atoms with van der Waals surface area (Å²) in [6.45, 7) is 0.628. The average molecular weight is 247 g/mol. The van der Waals surface area contributed by atoms with Crippen molar-refractivity contribution in [1.29, 1.82) is 0 Å². The van der Waals surface area contributed by atoms with E-state index >= 15 is 0 Å². The molecule has 0 radical (unpaired) electrons. The summed E-state index contributed by atoms with van der Waals surface area (Å²) in [4.78, 5) is 0. The maximum absolute atomic E-state index is 11.7. The summed E-state index contributed by atoms with van der Waals surface area (Å²) in [6, 6.07) is -0.0890. The van der Waals surface area contributed by atoms with Crippen LogP contribution in [-0.4, -0.2) is 49.3 Å². The van der Waals surface area contributed by atoms with Crippen molar-refractivity contribution in [2.45, 2.75) is 18.0 Å². The van der Waals surface area contributed by atoms with Gasteiger partial charge in [-0.25, -0.2) is 0 Å². The van der Waals surface area contributed by atoms with Gasteiger partial charge in [-0.15, -0.1) is 0 Å². The van der Waals surface area contributed by atoms with Gasteiger partial charge in [0.25, 0.3) is 0 Å². The van der Waals surface area contributed by atoms with Gasteiger partial charge in [-0.2, -0.15) is 13.2 Å². The third kappa shape index (κ3) is 10.3. The molecule has 7 heteroatoms. The number of aliphatic hydroxyl groups is 1. The van der Waals surface area contributed by atoms with Crippen LogP contribution in [0.4, 0.5) is 13.2 Å². The normalized spacial score (nSPS) is 14.2. The predicted molar refractivity (Wildman–Crippen MR) is 53.9 cm³/mol. The molecule has 0 saturated heterocycles. The van der Waals surface area contributed by atoms with Crippen LogP contribution in [0.15, 0.2) is 0 Å². The molecule has 0 saturated carbocycles. The summed E-state index contributed by atoms with van der Waals surface area (Å²) in [5, 5.41) is 11.6. The van der Waals surface area contributed by atoms with Crippen molar-refractivity contribution in [3.05, 3.63) is 0 Å². The number of methoxy groups -OCH3 is 1. The maximum atomic E-state index is 11.7. The van der Waals surface area contributed by atoms with E-state index in [2.05, 4.69) is 5.32 Å². The van der Waals surface area contributed by atoms with Gasteiger partial charge < -0.3 is 15.2 Å². The number of alkyl halides is 3. The van der Waals surface area contributed by atoms with Crippen molar-refractivity contribution in [2.75, 3.05) is 32.6 Å². The largest absolute Gasteiger partial charge is 0.441 e. The molecular formula is C8H16F3NO2S. The van der Waals surface area contributed by atoms with Gasteiger partial charge in [0, 0.05) is 32.1 Å². The molecule has 1 atom stereocenters. The van der Waals surface area contributed by atoms with Gasteiger partial charge >= 0.3 is 5.51 Å². The zero-order valence-electron chi connectivity index (χ0n) is 8.51. The lowest BCUT2D eigenvalue weighted by Gasteiger charge is -2.16. The van der Waals surface area contributed by atoms with Crippen LogP contribution < -0.4 is 5.32 Å². The standard InChI is InChI=1S/C8H16F3NO2S/c1-14-6-7(2-4-13)12-3-5-15-8(9,10)11/h7,12-13H,2-6H2,1H3. The Morgan fingerprint density at radius 1 is 1.47 bits per heavy atom. The van der Waals surface area contributed by atoms with Crippen molar-refractivity contribution in [3.63, 3.8) is 0 Å². The Labute approximate surface area is 91.4 Å². The molecule has 0 rings (SSSR count). The van der Waals surface area contributed by atoms with Crippen molar-refractivity contribution in [3.8, 4) is 0 Å².